The number of rotatable bonds is 6. The number of fused-ring (bicyclic) bond motifs is 1. The second-order valence-electron chi connectivity index (χ2n) is 5.53. The molecule has 24 heavy (non-hydrogen) atoms. The number of hydrogen-bond donors (Lipinski definition) is 1. The van der Waals surface area contributed by atoms with E-state index in [9.17, 15) is 9.59 Å². The molecule has 0 aliphatic carbocycles. The van der Waals surface area contributed by atoms with Gasteiger partial charge in [-0.2, -0.15) is 0 Å². The van der Waals surface area contributed by atoms with Gasteiger partial charge in [-0.3, -0.25) is 14.2 Å². The van der Waals surface area contributed by atoms with E-state index in [1.807, 2.05) is 42.6 Å². The van der Waals surface area contributed by atoms with Crippen molar-refractivity contribution >= 4 is 27.5 Å². The van der Waals surface area contributed by atoms with E-state index in [1.54, 1.807) is 4.57 Å². The van der Waals surface area contributed by atoms with Crippen molar-refractivity contribution in [2.24, 2.45) is 0 Å². The second kappa shape index (κ2) is 6.97. The van der Waals surface area contributed by atoms with Crippen LogP contribution in [-0.4, -0.2) is 20.6 Å². The Bertz CT molecular complexity index is 929. The normalized spacial score (nSPS) is 11.0. The first-order valence-corrected chi connectivity index (χ1v) is 8.78. The molecule has 0 aliphatic heterocycles. The van der Waals surface area contributed by atoms with Crippen molar-refractivity contribution in [1.29, 1.82) is 0 Å². The molecule has 5 nitrogen and oxygen atoms in total. The van der Waals surface area contributed by atoms with Crippen molar-refractivity contribution in [1.82, 2.24) is 9.55 Å². The van der Waals surface area contributed by atoms with Gasteiger partial charge in [0.05, 0.1) is 5.39 Å². The summed E-state index contributed by atoms with van der Waals surface area (Å²) in [6.07, 6.45) is 1.10. The maximum atomic E-state index is 13.0. The van der Waals surface area contributed by atoms with Gasteiger partial charge in [0.2, 0.25) is 0 Å². The molecule has 124 valence electrons. The van der Waals surface area contributed by atoms with Crippen LogP contribution in [0, 0.1) is 0 Å². The summed E-state index contributed by atoms with van der Waals surface area (Å²) in [5.74, 6) is -0.144. The number of thiophene rings is 1. The van der Waals surface area contributed by atoms with Crippen LogP contribution in [0.5, 0.6) is 0 Å². The molecule has 3 rings (SSSR count). The van der Waals surface area contributed by atoms with Gasteiger partial charge in [-0.1, -0.05) is 37.3 Å². The minimum atomic E-state index is -0.851. The van der Waals surface area contributed by atoms with Crippen LogP contribution in [0.25, 0.3) is 21.3 Å². The lowest BCUT2D eigenvalue weighted by Gasteiger charge is -2.11. The summed E-state index contributed by atoms with van der Waals surface area (Å²) < 4.78 is 1.63. The summed E-state index contributed by atoms with van der Waals surface area (Å²) in [5.41, 5.74) is 1.80. The third-order valence-electron chi connectivity index (χ3n) is 3.95. The van der Waals surface area contributed by atoms with Crippen molar-refractivity contribution in [2.75, 3.05) is 0 Å². The fraction of sp³-hybridized carbons (Fsp3) is 0.278. The van der Waals surface area contributed by atoms with Crippen molar-refractivity contribution in [3.8, 4) is 11.1 Å². The molecule has 3 aromatic rings. The van der Waals surface area contributed by atoms with Crippen molar-refractivity contribution in [3.05, 3.63) is 51.9 Å². The highest BCUT2D eigenvalue weighted by atomic mass is 32.1. The van der Waals surface area contributed by atoms with E-state index >= 15 is 0 Å². The topological polar surface area (TPSA) is 72.2 Å². The maximum Gasteiger partial charge on any atom is 0.303 e. The molecule has 0 saturated heterocycles. The molecule has 0 bridgehead atoms. The molecule has 0 atom stereocenters. The van der Waals surface area contributed by atoms with Crippen LogP contribution in [0.2, 0.25) is 0 Å². The van der Waals surface area contributed by atoms with Crippen LogP contribution in [-0.2, 0) is 17.8 Å². The van der Waals surface area contributed by atoms with Crippen molar-refractivity contribution in [2.45, 2.75) is 32.7 Å². The molecule has 0 saturated carbocycles. The second-order valence-corrected chi connectivity index (χ2v) is 6.39. The van der Waals surface area contributed by atoms with Gasteiger partial charge in [0, 0.05) is 30.3 Å². The number of hydrogen-bond acceptors (Lipinski definition) is 4. The van der Waals surface area contributed by atoms with Crippen LogP contribution < -0.4 is 5.56 Å². The molecule has 0 radical (unpaired) electrons. The Balaban J connectivity index is 2.12. The van der Waals surface area contributed by atoms with Crippen LogP contribution in [0.4, 0.5) is 0 Å². The summed E-state index contributed by atoms with van der Waals surface area (Å²) in [6, 6.07) is 9.78. The van der Waals surface area contributed by atoms with Gasteiger partial charge in [0.25, 0.3) is 5.56 Å². The highest BCUT2D eigenvalue weighted by Gasteiger charge is 2.16. The quantitative estimate of drug-likeness (QED) is 0.743. The van der Waals surface area contributed by atoms with Crippen LogP contribution in [0.15, 0.2) is 40.5 Å². The summed E-state index contributed by atoms with van der Waals surface area (Å²) in [4.78, 5) is 29.1. The monoisotopic (exact) mass is 342 g/mol. The standard InChI is InChI=1S/C18H18N2O3S/c1-2-14-19-17-16(18(23)20(14)10-6-9-15(21)22)13(11-24-17)12-7-4-3-5-8-12/h3-5,7-8,11H,2,6,9-10H2,1H3,(H,21,22). The number of nitrogens with zero attached hydrogens (tertiary/aromatic N) is 2. The molecular formula is C18H18N2O3S. The van der Waals surface area contributed by atoms with Crippen molar-refractivity contribution < 1.29 is 9.90 Å². The molecule has 1 aromatic carbocycles. The average Bonchev–Trinajstić information content (AvgIpc) is 3.01. The van der Waals surface area contributed by atoms with Crippen LogP contribution in [0.1, 0.15) is 25.6 Å². The van der Waals surface area contributed by atoms with E-state index in [4.69, 9.17) is 5.11 Å². The van der Waals surface area contributed by atoms with Gasteiger partial charge < -0.3 is 5.11 Å². The molecule has 0 fully saturated rings. The minimum Gasteiger partial charge on any atom is -0.481 e. The molecule has 6 heteroatoms. The van der Waals surface area contributed by atoms with E-state index < -0.39 is 5.97 Å². The summed E-state index contributed by atoms with van der Waals surface area (Å²) >= 11 is 1.47. The van der Waals surface area contributed by atoms with Gasteiger partial charge in [-0.25, -0.2) is 4.98 Å². The molecule has 1 N–H and O–H groups in total. The fourth-order valence-corrected chi connectivity index (χ4v) is 3.74. The minimum absolute atomic E-state index is 0.0445. The van der Waals surface area contributed by atoms with E-state index in [2.05, 4.69) is 4.98 Å². The Morgan fingerprint density at radius 1 is 1.29 bits per heavy atom. The molecule has 2 aromatic heterocycles. The van der Waals surface area contributed by atoms with E-state index in [1.165, 1.54) is 11.3 Å². The number of aliphatic carboxylic acids is 1. The zero-order chi connectivity index (χ0) is 17.1. The Hall–Kier alpha value is -2.47. The lowest BCUT2D eigenvalue weighted by molar-refractivity contribution is -0.137. The van der Waals surface area contributed by atoms with E-state index in [0.717, 1.165) is 16.0 Å². The van der Waals surface area contributed by atoms with Crippen LogP contribution >= 0.6 is 11.3 Å². The van der Waals surface area contributed by atoms with E-state index in [-0.39, 0.29) is 12.0 Å². The zero-order valence-electron chi connectivity index (χ0n) is 13.4. The molecule has 0 unspecified atom stereocenters. The smallest absolute Gasteiger partial charge is 0.303 e. The van der Waals surface area contributed by atoms with E-state index in [0.29, 0.717) is 30.6 Å². The number of carboxylic acid groups (broad SMARTS) is 1. The average molecular weight is 342 g/mol. The number of aromatic nitrogens is 2. The first kappa shape index (κ1) is 16.4. The highest BCUT2D eigenvalue weighted by molar-refractivity contribution is 7.17. The highest BCUT2D eigenvalue weighted by Crippen LogP contribution is 2.30. The summed E-state index contributed by atoms with van der Waals surface area (Å²) in [5, 5.41) is 11.4. The fourth-order valence-electron chi connectivity index (χ4n) is 2.79. The van der Waals surface area contributed by atoms with Gasteiger partial charge in [0.15, 0.2) is 0 Å². The zero-order valence-corrected chi connectivity index (χ0v) is 14.2. The lowest BCUT2D eigenvalue weighted by atomic mass is 10.1. The molecule has 0 spiro atoms. The lowest BCUT2D eigenvalue weighted by Crippen LogP contribution is -2.25. The van der Waals surface area contributed by atoms with Crippen LogP contribution in [0.3, 0.4) is 0 Å². The first-order chi connectivity index (χ1) is 11.6. The Labute approximate surface area is 143 Å². The molecule has 0 amide bonds. The predicted octanol–water partition coefficient (Wildman–Crippen LogP) is 3.55. The summed E-state index contributed by atoms with van der Waals surface area (Å²) in [6.45, 7) is 2.33. The Morgan fingerprint density at radius 3 is 2.71 bits per heavy atom. The molecule has 0 aliphatic rings. The first-order valence-electron chi connectivity index (χ1n) is 7.90. The molecule has 2 heterocycles. The third kappa shape index (κ3) is 3.10. The number of carboxylic acids is 1. The maximum absolute atomic E-state index is 13.0. The SMILES string of the molecule is CCc1nc2scc(-c3ccccc3)c2c(=O)n1CCCC(=O)O. The van der Waals surface area contributed by atoms with Gasteiger partial charge in [-0.05, 0) is 12.0 Å². The number of aryl methyl sites for hydroxylation is 1. The number of carbonyl (C=O) groups is 1. The Kier molecular flexibility index (Phi) is 4.76. The largest absolute Gasteiger partial charge is 0.481 e. The predicted molar refractivity (Wildman–Crippen MR) is 95.6 cm³/mol. The van der Waals surface area contributed by atoms with Gasteiger partial charge in [-0.15, -0.1) is 11.3 Å². The third-order valence-corrected chi connectivity index (χ3v) is 4.82. The van der Waals surface area contributed by atoms with Gasteiger partial charge in [0.1, 0.15) is 10.7 Å². The van der Waals surface area contributed by atoms with Crippen molar-refractivity contribution in [3.63, 3.8) is 0 Å². The Morgan fingerprint density at radius 2 is 2.04 bits per heavy atom. The van der Waals surface area contributed by atoms with Gasteiger partial charge >= 0.3 is 5.97 Å². The summed E-state index contributed by atoms with van der Waals surface area (Å²) in [7, 11) is 0. The molecular weight excluding hydrogens is 324 g/mol. The number of benzene rings is 1.